The van der Waals surface area contributed by atoms with Crippen LogP contribution in [0.4, 0.5) is 0 Å². The van der Waals surface area contributed by atoms with Crippen LogP contribution in [0.1, 0.15) is 24.4 Å². The zero-order valence-corrected chi connectivity index (χ0v) is 17.0. The second-order valence-electron chi connectivity index (χ2n) is 6.64. The van der Waals surface area contributed by atoms with Crippen molar-refractivity contribution in [1.82, 2.24) is 24.7 Å². The molecule has 2 aromatic heterocycles. The van der Waals surface area contributed by atoms with Gasteiger partial charge in [-0.3, -0.25) is 4.79 Å². The molecule has 29 heavy (non-hydrogen) atoms. The van der Waals surface area contributed by atoms with E-state index in [1.165, 1.54) is 16.0 Å². The summed E-state index contributed by atoms with van der Waals surface area (Å²) in [7, 11) is 3.20. The van der Waals surface area contributed by atoms with Gasteiger partial charge in [0.2, 0.25) is 5.91 Å². The molecule has 3 aromatic rings. The van der Waals surface area contributed by atoms with Crippen LogP contribution in [-0.4, -0.2) is 51.4 Å². The molecule has 1 fully saturated rings. The monoisotopic (exact) mass is 415 g/mol. The normalized spacial score (nSPS) is 16.2. The van der Waals surface area contributed by atoms with E-state index >= 15 is 0 Å². The third-order valence-corrected chi connectivity index (χ3v) is 5.86. The molecule has 0 radical (unpaired) electrons. The molecule has 1 saturated heterocycles. The first kappa shape index (κ1) is 19.2. The van der Waals surface area contributed by atoms with Gasteiger partial charge in [0.1, 0.15) is 23.0 Å². The van der Waals surface area contributed by atoms with Crippen LogP contribution in [-0.2, 0) is 11.3 Å². The maximum absolute atomic E-state index is 13.0. The molecular formula is C19H21N5O4S. The predicted octanol–water partition coefficient (Wildman–Crippen LogP) is 1.87. The molecular weight excluding hydrogens is 394 g/mol. The summed E-state index contributed by atoms with van der Waals surface area (Å²) in [6.07, 6.45) is 1.70. The molecule has 9 nitrogen and oxygen atoms in total. The second kappa shape index (κ2) is 8.08. The van der Waals surface area contributed by atoms with Crippen molar-refractivity contribution in [2.24, 2.45) is 0 Å². The van der Waals surface area contributed by atoms with Crippen LogP contribution in [0.25, 0.3) is 5.00 Å². The van der Waals surface area contributed by atoms with Gasteiger partial charge < -0.3 is 14.4 Å². The molecule has 1 amide bonds. The number of benzene rings is 1. The Morgan fingerprint density at radius 2 is 2.10 bits per heavy atom. The average molecular weight is 415 g/mol. The third kappa shape index (κ3) is 3.63. The molecule has 0 spiro atoms. The number of carbonyl (C=O) groups is 1. The molecule has 152 valence electrons. The highest BCUT2D eigenvalue weighted by molar-refractivity contribution is 7.12. The van der Waals surface area contributed by atoms with Crippen molar-refractivity contribution in [2.75, 3.05) is 20.8 Å². The van der Waals surface area contributed by atoms with Crippen LogP contribution in [0.5, 0.6) is 11.5 Å². The summed E-state index contributed by atoms with van der Waals surface area (Å²) in [5, 5.41) is 10.3. The predicted molar refractivity (Wildman–Crippen MR) is 107 cm³/mol. The van der Waals surface area contributed by atoms with Gasteiger partial charge in [-0.2, -0.15) is 9.36 Å². The topological polar surface area (TPSA) is 91.5 Å². The average Bonchev–Trinajstić information content (AvgIpc) is 3.49. The van der Waals surface area contributed by atoms with Gasteiger partial charge in [-0.05, 0) is 52.9 Å². The molecule has 1 aliphatic rings. The zero-order chi connectivity index (χ0) is 20.4. The Balaban J connectivity index is 1.56. The van der Waals surface area contributed by atoms with Crippen LogP contribution in [0.3, 0.4) is 0 Å². The minimum atomic E-state index is -0.432. The molecule has 0 unspecified atom stereocenters. The van der Waals surface area contributed by atoms with Crippen molar-refractivity contribution < 1.29 is 14.3 Å². The van der Waals surface area contributed by atoms with E-state index in [0.29, 0.717) is 23.0 Å². The number of rotatable bonds is 6. The molecule has 0 N–H and O–H groups in total. The Labute approximate surface area is 171 Å². The Morgan fingerprint density at radius 1 is 1.24 bits per heavy atom. The summed E-state index contributed by atoms with van der Waals surface area (Å²) in [6.45, 7) is 0.464. The molecule has 1 atom stereocenters. The number of hydrogen-bond donors (Lipinski definition) is 0. The second-order valence-corrected chi connectivity index (χ2v) is 7.56. The fourth-order valence-electron chi connectivity index (χ4n) is 3.60. The van der Waals surface area contributed by atoms with Crippen molar-refractivity contribution in [3.8, 4) is 16.5 Å². The lowest BCUT2D eigenvalue weighted by molar-refractivity contribution is -0.133. The number of carbonyl (C=O) groups excluding carboxylic acids is 1. The van der Waals surface area contributed by atoms with Gasteiger partial charge in [0.25, 0.3) is 0 Å². The number of nitrogens with zero attached hydrogens (tertiary/aromatic N) is 5. The fraction of sp³-hybridized carbons (Fsp3) is 0.368. The van der Waals surface area contributed by atoms with Crippen molar-refractivity contribution in [2.45, 2.75) is 25.4 Å². The maximum Gasteiger partial charge on any atom is 0.369 e. The molecule has 1 aliphatic heterocycles. The molecule has 0 aliphatic carbocycles. The van der Waals surface area contributed by atoms with Crippen molar-refractivity contribution in [1.29, 1.82) is 0 Å². The van der Waals surface area contributed by atoms with Gasteiger partial charge in [-0.25, -0.2) is 4.79 Å². The van der Waals surface area contributed by atoms with E-state index in [4.69, 9.17) is 9.47 Å². The minimum absolute atomic E-state index is 0.119. The van der Waals surface area contributed by atoms with E-state index in [0.717, 1.165) is 23.1 Å². The Kier molecular flexibility index (Phi) is 5.34. The van der Waals surface area contributed by atoms with Crippen LogP contribution < -0.4 is 15.2 Å². The van der Waals surface area contributed by atoms with Gasteiger partial charge in [-0.15, -0.1) is 11.3 Å². The number of amides is 1. The number of methoxy groups -OCH3 is 2. The summed E-state index contributed by atoms with van der Waals surface area (Å²) in [6, 6.07) is 9.08. The smallest absolute Gasteiger partial charge is 0.369 e. The van der Waals surface area contributed by atoms with E-state index in [2.05, 4.69) is 10.4 Å². The van der Waals surface area contributed by atoms with Crippen LogP contribution in [0.2, 0.25) is 0 Å². The van der Waals surface area contributed by atoms with Crippen molar-refractivity contribution in [3.05, 3.63) is 51.8 Å². The molecule has 3 heterocycles. The van der Waals surface area contributed by atoms with E-state index in [1.54, 1.807) is 25.2 Å². The Hall–Kier alpha value is -3.14. The van der Waals surface area contributed by atoms with E-state index in [9.17, 15) is 9.59 Å². The Bertz CT molecular complexity index is 1060. The highest BCUT2D eigenvalue weighted by Crippen LogP contribution is 2.38. The molecule has 0 saturated carbocycles. The maximum atomic E-state index is 13.0. The summed E-state index contributed by atoms with van der Waals surface area (Å²) in [5.74, 6) is 1.19. The number of aromatic nitrogens is 4. The highest BCUT2D eigenvalue weighted by Gasteiger charge is 2.32. The first-order chi connectivity index (χ1) is 14.1. The summed E-state index contributed by atoms with van der Waals surface area (Å²) >= 11 is 1.38. The lowest BCUT2D eigenvalue weighted by Crippen LogP contribution is -2.36. The first-order valence-corrected chi connectivity index (χ1v) is 10.1. The van der Waals surface area contributed by atoms with Crippen molar-refractivity contribution >= 4 is 17.2 Å². The number of hydrogen-bond acceptors (Lipinski definition) is 7. The van der Waals surface area contributed by atoms with E-state index in [1.807, 2.05) is 29.6 Å². The third-order valence-electron chi connectivity index (χ3n) is 5.01. The summed E-state index contributed by atoms with van der Waals surface area (Å²) in [5.41, 5.74) is 0.493. The quantitative estimate of drug-likeness (QED) is 0.610. The highest BCUT2D eigenvalue weighted by atomic mass is 32.1. The van der Waals surface area contributed by atoms with E-state index in [-0.39, 0.29) is 18.5 Å². The van der Waals surface area contributed by atoms with Crippen LogP contribution in [0.15, 0.2) is 40.5 Å². The van der Waals surface area contributed by atoms with Crippen molar-refractivity contribution in [3.63, 3.8) is 0 Å². The van der Waals surface area contributed by atoms with Gasteiger partial charge >= 0.3 is 5.69 Å². The fourth-order valence-corrected chi connectivity index (χ4v) is 4.27. The molecule has 1 aromatic carbocycles. The van der Waals surface area contributed by atoms with Gasteiger partial charge in [-0.1, -0.05) is 0 Å². The lowest BCUT2D eigenvalue weighted by atomic mass is 10.0. The SMILES string of the molecule is COc1ccc([C@@H]2CCCN2C(=O)Cn2nnn(-c3cccs3)c2=O)c(OC)c1. The first-order valence-electron chi connectivity index (χ1n) is 9.20. The zero-order valence-electron chi connectivity index (χ0n) is 16.1. The largest absolute Gasteiger partial charge is 0.497 e. The number of likely N-dealkylation sites (tertiary alicyclic amines) is 1. The Morgan fingerprint density at radius 3 is 2.83 bits per heavy atom. The minimum Gasteiger partial charge on any atom is -0.497 e. The molecule has 0 bridgehead atoms. The summed E-state index contributed by atoms with van der Waals surface area (Å²) in [4.78, 5) is 27.3. The number of tetrazole rings is 1. The van der Waals surface area contributed by atoms with E-state index < -0.39 is 5.69 Å². The van der Waals surface area contributed by atoms with Crippen LogP contribution >= 0.6 is 11.3 Å². The lowest BCUT2D eigenvalue weighted by Gasteiger charge is -2.26. The number of thiophene rings is 1. The van der Waals surface area contributed by atoms with Gasteiger partial charge in [0, 0.05) is 18.2 Å². The van der Waals surface area contributed by atoms with Crippen LogP contribution in [0, 0.1) is 0 Å². The molecule has 4 rings (SSSR count). The molecule has 10 heteroatoms. The summed E-state index contributed by atoms with van der Waals surface area (Å²) < 4.78 is 13.1. The number of ether oxygens (including phenoxy) is 2. The standard InChI is InChI=1S/C19H21N5O4S/c1-27-13-7-8-14(16(11-13)28-2)15-5-3-9-22(15)17(25)12-23-19(26)24(21-20-23)18-6-4-10-29-18/h4,6-8,10-11,15H,3,5,9,12H2,1-2H3/t15-/m0/s1. The van der Waals surface area contributed by atoms with Gasteiger partial charge in [0.05, 0.1) is 20.3 Å². The van der Waals surface area contributed by atoms with Gasteiger partial charge in [0.15, 0.2) is 0 Å².